The molecule has 0 bridgehead atoms. The standard InChI is InChI=1S/C21H23ClN2O3/c1-14(2)17-10-8-15(3)12-19(17)27-13-21(26)24-23-20(25)11-9-16-6-4-5-7-18(16)22/h4-12,14H,13H2,1-3H3,(H,23,25)(H,24,26)/b11-9+. The van der Waals surface area contributed by atoms with Gasteiger partial charge in [0.15, 0.2) is 6.61 Å². The van der Waals surface area contributed by atoms with E-state index in [4.69, 9.17) is 16.3 Å². The summed E-state index contributed by atoms with van der Waals surface area (Å²) in [7, 11) is 0. The predicted octanol–water partition coefficient (Wildman–Crippen LogP) is 4.01. The van der Waals surface area contributed by atoms with E-state index < -0.39 is 11.8 Å². The van der Waals surface area contributed by atoms with Crippen LogP contribution in [0.25, 0.3) is 6.08 Å². The number of hydrogen-bond acceptors (Lipinski definition) is 3. The maximum Gasteiger partial charge on any atom is 0.276 e. The quantitative estimate of drug-likeness (QED) is 0.582. The van der Waals surface area contributed by atoms with Crippen molar-refractivity contribution in [3.8, 4) is 5.75 Å². The molecule has 0 aliphatic heterocycles. The van der Waals surface area contributed by atoms with Crippen LogP contribution < -0.4 is 15.6 Å². The van der Waals surface area contributed by atoms with Crippen molar-refractivity contribution in [2.45, 2.75) is 26.7 Å². The minimum absolute atomic E-state index is 0.197. The highest BCUT2D eigenvalue weighted by Crippen LogP contribution is 2.27. The molecule has 0 aliphatic carbocycles. The topological polar surface area (TPSA) is 67.4 Å². The smallest absolute Gasteiger partial charge is 0.276 e. The molecule has 0 spiro atoms. The zero-order valence-electron chi connectivity index (χ0n) is 15.6. The van der Waals surface area contributed by atoms with Crippen LogP contribution in [-0.4, -0.2) is 18.4 Å². The molecule has 2 N–H and O–H groups in total. The Hall–Kier alpha value is -2.79. The summed E-state index contributed by atoms with van der Waals surface area (Å²) in [5.74, 6) is 0.0239. The number of ether oxygens (including phenoxy) is 1. The number of amides is 2. The van der Waals surface area contributed by atoms with Crippen LogP contribution in [0.1, 0.15) is 36.5 Å². The molecule has 2 rings (SSSR count). The minimum Gasteiger partial charge on any atom is -0.483 e. The third-order valence-corrected chi connectivity index (χ3v) is 4.14. The highest BCUT2D eigenvalue weighted by molar-refractivity contribution is 6.32. The zero-order chi connectivity index (χ0) is 19.8. The number of carbonyl (C=O) groups is 2. The fourth-order valence-corrected chi connectivity index (χ4v) is 2.57. The summed E-state index contributed by atoms with van der Waals surface area (Å²) in [6.07, 6.45) is 2.86. The number of carbonyl (C=O) groups excluding carboxylic acids is 2. The normalized spacial score (nSPS) is 10.9. The van der Waals surface area contributed by atoms with Crippen LogP contribution in [-0.2, 0) is 9.59 Å². The molecule has 5 nitrogen and oxygen atoms in total. The summed E-state index contributed by atoms with van der Waals surface area (Å²) in [5.41, 5.74) is 7.42. The first-order chi connectivity index (χ1) is 12.9. The third-order valence-electron chi connectivity index (χ3n) is 3.79. The van der Waals surface area contributed by atoms with Gasteiger partial charge in [-0.1, -0.05) is 55.8 Å². The first-order valence-electron chi connectivity index (χ1n) is 8.61. The Bertz CT molecular complexity index is 847. The molecule has 142 valence electrons. The van der Waals surface area contributed by atoms with Crippen molar-refractivity contribution in [2.24, 2.45) is 0 Å². The Kier molecular flexibility index (Phi) is 7.44. The van der Waals surface area contributed by atoms with Crippen molar-refractivity contribution in [1.29, 1.82) is 0 Å². The summed E-state index contributed by atoms with van der Waals surface area (Å²) in [4.78, 5) is 23.7. The van der Waals surface area contributed by atoms with Crippen LogP contribution in [0, 0.1) is 6.92 Å². The van der Waals surface area contributed by atoms with Gasteiger partial charge in [-0.05, 0) is 47.7 Å². The van der Waals surface area contributed by atoms with Crippen LogP contribution in [0.5, 0.6) is 5.75 Å². The van der Waals surface area contributed by atoms with Gasteiger partial charge in [0.2, 0.25) is 0 Å². The summed E-state index contributed by atoms with van der Waals surface area (Å²) < 4.78 is 5.62. The maximum absolute atomic E-state index is 11.9. The van der Waals surface area contributed by atoms with Gasteiger partial charge in [0, 0.05) is 11.1 Å². The first kappa shape index (κ1) is 20.5. The highest BCUT2D eigenvalue weighted by Gasteiger charge is 2.10. The Morgan fingerprint density at radius 3 is 2.59 bits per heavy atom. The van der Waals surface area contributed by atoms with Crippen LogP contribution in [0.2, 0.25) is 5.02 Å². The number of benzene rings is 2. The van der Waals surface area contributed by atoms with Gasteiger partial charge < -0.3 is 4.74 Å². The second kappa shape index (κ2) is 9.78. The van der Waals surface area contributed by atoms with Crippen molar-refractivity contribution in [3.63, 3.8) is 0 Å². The number of hydrogen-bond donors (Lipinski definition) is 2. The van der Waals surface area contributed by atoms with Crippen molar-refractivity contribution < 1.29 is 14.3 Å². The van der Waals surface area contributed by atoms with Gasteiger partial charge in [-0.2, -0.15) is 0 Å². The zero-order valence-corrected chi connectivity index (χ0v) is 16.3. The van der Waals surface area contributed by atoms with Crippen molar-refractivity contribution in [3.05, 3.63) is 70.3 Å². The summed E-state index contributed by atoms with van der Waals surface area (Å²) in [6, 6.07) is 13.0. The Balaban J connectivity index is 1.84. The molecule has 0 unspecified atom stereocenters. The molecule has 0 heterocycles. The van der Waals surface area contributed by atoms with Gasteiger partial charge >= 0.3 is 0 Å². The summed E-state index contributed by atoms with van der Waals surface area (Å²) in [6.45, 7) is 5.88. The van der Waals surface area contributed by atoms with Gasteiger partial charge in [-0.25, -0.2) is 0 Å². The maximum atomic E-state index is 11.9. The molecule has 2 aromatic carbocycles. The van der Waals surface area contributed by atoms with Gasteiger partial charge in [0.05, 0.1) is 0 Å². The van der Waals surface area contributed by atoms with Gasteiger partial charge in [-0.15, -0.1) is 0 Å². The van der Waals surface area contributed by atoms with E-state index in [1.54, 1.807) is 24.3 Å². The number of rotatable bonds is 6. The molecular formula is C21H23ClN2O3. The lowest BCUT2D eigenvalue weighted by Crippen LogP contribution is -2.43. The van der Waals surface area contributed by atoms with E-state index in [2.05, 4.69) is 24.7 Å². The number of nitrogens with one attached hydrogen (secondary N) is 2. The average Bonchev–Trinajstić information content (AvgIpc) is 2.63. The lowest BCUT2D eigenvalue weighted by molar-refractivity contribution is -0.128. The lowest BCUT2D eigenvalue weighted by atomic mass is 10.0. The third kappa shape index (κ3) is 6.46. The van der Waals surface area contributed by atoms with Crippen molar-refractivity contribution in [1.82, 2.24) is 10.9 Å². The van der Waals surface area contributed by atoms with Crippen LogP contribution >= 0.6 is 11.6 Å². The molecule has 0 atom stereocenters. The van der Waals surface area contributed by atoms with Crippen molar-refractivity contribution in [2.75, 3.05) is 6.61 Å². The molecule has 0 saturated heterocycles. The van der Waals surface area contributed by atoms with Gasteiger partial charge in [0.1, 0.15) is 5.75 Å². The van der Waals surface area contributed by atoms with E-state index in [9.17, 15) is 9.59 Å². The number of hydrazine groups is 1. The largest absolute Gasteiger partial charge is 0.483 e. The van der Waals surface area contributed by atoms with Crippen LogP contribution in [0.15, 0.2) is 48.5 Å². The fraction of sp³-hybridized carbons (Fsp3) is 0.238. The second-order valence-electron chi connectivity index (χ2n) is 6.38. The van der Waals surface area contributed by atoms with Gasteiger partial charge in [-0.3, -0.25) is 20.4 Å². The molecule has 6 heteroatoms. The van der Waals surface area contributed by atoms with Crippen LogP contribution in [0.3, 0.4) is 0 Å². The fourth-order valence-electron chi connectivity index (χ4n) is 2.37. The number of halogens is 1. The molecule has 0 aromatic heterocycles. The second-order valence-corrected chi connectivity index (χ2v) is 6.78. The van der Waals surface area contributed by atoms with E-state index in [1.807, 2.05) is 31.2 Å². The predicted molar refractivity (Wildman–Crippen MR) is 108 cm³/mol. The van der Waals surface area contributed by atoms with E-state index in [0.29, 0.717) is 16.3 Å². The molecule has 0 aliphatic rings. The Labute approximate surface area is 164 Å². The van der Waals surface area contributed by atoms with Gasteiger partial charge in [0.25, 0.3) is 11.8 Å². The molecule has 0 saturated carbocycles. The SMILES string of the molecule is Cc1ccc(C(C)C)c(OCC(=O)NNC(=O)/C=C/c2ccccc2Cl)c1. The monoisotopic (exact) mass is 386 g/mol. The minimum atomic E-state index is -0.471. The molecule has 0 radical (unpaired) electrons. The Morgan fingerprint density at radius 1 is 1.15 bits per heavy atom. The summed E-state index contributed by atoms with van der Waals surface area (Å²) >= 11 is 6.01. The van der Waals surface area contributed by atoms with Crippen LogP contribution in [0.4, 0.5) is 0 Å². The highest BCUT2D eigenvalue weighted by atomic mass is 35.5. The van der Waals surface area contributed by atoms with E-state index >= 15 is 0 Å². The van der Waals surface area contributed by atoms with E-state index in [0.717, 1.165) is 11.1 Å². The first-order valence-corrected chi connectivity index (χ1v) is 8.99. The summed E-state index contributed by atoms with van der Waals surface area (Å²) in [5, 5.41) is 0.540. The van der Waals surface area contributed by atoms with Crippen molar-refractivity contribution >= 4 is 29.5 Å². The van der Waals surface area contributed by atoms with E-state index in [1.165, 1.54) is 6.08 Å². The molecule has 2 amide bonds. The molecular weight excluding hydrogens is 364 g/mol. The lowest BCUT2D eigenvalue weighted by Gasteiger charge is -2.14. The van der Waals surface area contributed by atoms with E-state index in [-0.39, 0.29) is 12.5 Å². The average molecular weight is 387 g/mol. The Morgan fingerprint density at radius 2 is 1.89 bits per heavy atom. The molecule has 2 aromatic rings. The molecule has 27 heavy (non-hydrogen) atoms. The number of aryl methyl sites for hydroxylation is 1. The molecule has 0 fully saturated rings.